The smallest absolute Gasteiger partial charge is 0.277 e. The van der Waals surface area contributed by atoms with Gasteiger partial charge in [0.05, 0.1) is 12.7 Å². The molecule has 0 bridgehead atoms. The minimum atomic E-state index is -0.378. The highest BCUT2D eigenvalue weighted by atomic mass is 16.5. The van der Waals surface area contributed by atoms with Gasteiger partial charge in [-0.05, 0) is 30.3 Å². The average Bonchev–Trinajstić information content (AvgIpc) is 3.35. The number of hydrogen-bond donors (Lipinski definition) is 1. The highest BCUT2D eigenvalue weighted by Gasteiger charge is 2.17. The van der Waals surface area contributed by atoms with Crippen molar-refractivity contribution in [2.24, 2.45) is 0 Å². The van der Waals surface area contributed by atoms with Crippen molar-refractivity contribution in [3.05, 3.63) is 60.1 Å². The molecule has 0 fully saturated rings. The van der Waals surface area contributed by atoms with E-state index in [1.165, 1.54) is 0 Å². The first-order chi connectivity index (χ1) is 13.5. The molecule has 0 aliphatic heterocycles. The van der Waals surface area contributed by atoms with E-state index >= 15 is 0 Å². The topological polar surface area (TPSA) is 90.4 Å². The Balaban J connectivity index is 1.56. The van der Waals surface area contributed by atoms with Gasteiger partial charge in [0.15, 0.2) is 22.9 Å². The molecule has 0 radical (unpaired) electrons. The number of ether oxygens (including phenoxy) is 1. The zero-order valence-corrected chi connectivity index (χ0v) is 15.7. The van der Waals surface area contributed by atoms with E-state index < -0.39 is 0 Å². The summed E-state index contributed by atoms with van der Waals surface area (Å²) in [6.07, 6.45) is 0. The molecule has 2 aromatic carbocycles. The number of carbonyl (C=O) groups excluding carboxylic acids is 1. The molecule has 2 aromatic heterocycles. The molecule has 7 nitrogen and oxygen atoms in total. The number of oxazole rings is 1. The van der Waals surface area contributed by atoms with Crippen LogP contribution in [0.3, 0.4) is 0 Å². The molecule has 0 aliphatic rings. The fraction of sp³-hybridized carbons (Fsp3) is 0.190. The van der Waals surface area contributed by atoms with E-state index in [0.717, 1.165) is 5.56 Å². The average molecular weight is 377 g/mol. The minimum absolute atomic E-state index is 0.170. The molecule has 0 atom stereocenters. The van der Waals surface area contributed by atoms with Crippen molar-refractivity contribution >= 4 is 22.7 Å². The molecule has 7 heteroatoms. The largest absolute Gasteiger partial charge is 0.496 e. The Hall–Kier alpha value is -3.61. The minimum Gasteiger partial charge on any atom is -0.496 e. The van der Waals surface area contributed by atoms with Gasteiger partial charge in [0, 0.05) is 17.7 Å². The van der Waals surface area contributed by atoms with Crippen LogP contribution >= 0.6 is 0 Å². The van der Waals surface area contributed by atoms with Crippen molar-refractivity contribution < 1.29 is 18.5 Å². The number of rotatable bonds is 5. The number of nitrogens with zero attached hydrogens (tertiary/aromatic N) is 2. The molecule has 4 aromatic rings. The normalized spacial score (nSPS) is 11.1. The zero-order valence-electron chi connectivity index (χ0n) is 15.7. The summed E-state index contributed by atoms with van der Waals surface area (Å²) in [6.45, 7) is 4.02. The molecule has 0 saturated heterocycles. The Labute approximate surface area is 161 Å². The van der Waals surface area contributed by atoms with Gasteiger partial charge in [0.1, 0.15) is 11.3 Å². The van der Waals surface area contributed by atoms with Gasteiger partial charge in [0.2, 0.25) is 0 Å². The zero-order chi connectivity index (χ0) is 19.7. The Bertz CT molecular complexity index is 1140. The second-order valence-electron chi connectivity index (χ2n) is 6.62. The Kier molecular flexibility index (Phi) is 4.57. The van der Waals surface area contributed by atoms with Gasteiger partial charge in [0.25, 0.3) is 5.91 Å². The predicted octanol–water partition coefficient (Wildman–Crippen LogP) is 4.87. The van der Waals surface area contributed by atoms with E-state index in [4.69, 9.17) is 13.7 Å². The first-order valence-corrected chi connectivity index (χ1v) is 8.87. The molecule has 1 N–H and O–H groups in total. The van der Waals surface area contributed by atoms with E-state index in [2.05, 4.69) is 15.5 Å². The monoisotopic (exact) mass is 377 g/mol. The number of amides is 1. The van der Waals surface area contributed by atoms with Crippen LogP contribution in [0.25, 0.3) is 22.4 Å². The molecule has 0 aliphatic carbocycles. The lowest BCUT2D eigenvalue weighted by atomic mass is 10.1. The van der Waals surface area contributed by atoms with E-state index in [9.17, 15) is 4.79 Å². The van der Waals surface area contributed by atoms with Gasteiger partial charge < -0.3 is 19.0 Å². The summed E-state index contributed by atoms with van der Waals surface area (Å²) in [5.41, 5.74) is 2.87. The van der Waals surface area contributed by atoms with Crippen molar-refractivity contribution in [1.29, 1.82) is 0 Å². The maximum atomic E-state index is 12.6. The summed E-state index contributed by atoms with van der Waals surface area (Å²) in [6, 6.07) is 14.3. The van der Waals surface area contributed by atoms with Crippen molar-refractivity contribution in [2.75, 3.05) is 12.4 Å². The fourth-order valence-electron chi connectivity index (χ4n) is 2.82. The summed E-state index contributed by atoms with van der Waals surface area (Å²) >= 11 is 0. The summed E-state index contributed by atoms with van der Waals surface area (Å²) in [7, 11) is 1.58. The van der Waals surface area contributed by atoms with E-state index in [-0.39, 0.29) is 17.5 Å². The predicted molar refractivity (Wildman–Crippen MR) is 105 cm³/mol. The van der Waals surface area contributed by atoms with Crippen LogP contribution in [-0.2, 0) is 0 Å². The van der Waals surface area contributed by atoms with Crippen LogP contribution in [0.5, 0.6) is 5.75 Å². The van der Waals surface area contributed by atoms with Crippen LogP contribution in [0, 0.1) is 0 Å². The molecular weight excluding hydrogens is 358 g/mol. The second kappa shape index (κ2) is 7.19. The summed E-state index contributed by atoms with van der Waals surface area (Å²) in [5, 5.41) is 6.68. The van der Waals surface area contributed by atoms with Gasteiger partial charge in [-0.15, -0.1) is 0 Å². The van der Waals surface area contributed by atoms with Crippen LogP contribution in [0.15, 0.2) is 57.5 Å². The number of para-hydroxylation sites is 1. The molecule has 0 saturated carbocycles. The molecule has 0 unspecified atom stereocenters. The number of carbonyl (C=O) groups is 1. The SMILES string of the molecule is COc1ccccc1-c1cc(C(=O)Nc2ccc3oc(C(C)C)nc3c2)no1. The number of anilines is 1. The van der Waals surface area contributed by atoms with Crippen molar-refractivity contribution in [2.45, 2.75) is 19.8 Å². The highest BCUT2D eigenvalue weighted by Crippen LogP contribution is 2.30. The number of benzene rings is 2. The second-order valence-corrected chi connectivity index (χ2v) is 6.62. The molecular formula is C21H19N3O4. The molecule has 1 amide bonds. The van der Waals surface area contributed by atoms with E-state index in [1.54, 1.807) is 31.4 Å². The summed E-state index contributed by atoms with van der Waals surface area (Å²) in [5.74, 6) is 1.57. The fourth-order valence-corrected chi connectivity index (χ4v) is 2.82. The van der Waals surface area contributed by atoms with Crippen LogP contribution in [0.4, 0.5) is 5.69 Å². The number of fused-ring (bicyclic) bond motifs is 1. The molecule has 142 valence electrons. The summed E-state index contributed by atoms with van der Waals surface area (Å²) < 4.78 is 16.3. The van der Waals surface area contributed by atoms with Gasteiger partial charge in [-0.25, -0.2) is 4.98 Å². The maximum absolute atomic E-state index is 12.6. The van der Waals surface area contributed by atoms with Crippen LogP contribution in [0.1, 0.15) is 36.1 Å². The standard InChI is InChI=1S/C21H19N3O4/c1-12(2)21-23-15-10-13(8-9-18(15)27-21)22-20(25)16-11-19(28-24-16)14-6-4-5-7-17(14)26-3/h4-12H,1-3H3,(H,22,25). The third-order valence-electron chi connectivity index (χ3n) is 4.27. The van der Waals surface area contributed by atoms with E-state index in [0.29, 0.717) is 34.2 Å². The lowest BCUT2D eigenvalue weighted by molar-refractivity contribution is 0.101. The Morgan fingerprint density at radius 2 is 1.96 bits per heavy atom. The van der Waals surface area contributed by atoms with Crippen molar-refractivity contribution in [3.63, 3.8) is 0 Å². The molecule has 28 heavy (non-hydrogen) atoms. The molecule has 2 heterocycles. The number of methoxy groups -OCH3 is 1. The molecule has 0 spiro atoms. The van der Waals surface area contributed by atoms with Crippen LogP contribution < -0.4 is 10.1 Å². The lowest BCUT2D eigenvalue weighted by Gasteiger charge is -2.03. The first kappa shape index (κ1) is 17.8. The summed E-state index contributed by atoms with van der Waals surface area (Å²) in [4.78, 5) is 17.0. The third kappa shape index (κ3) is 3.34. The first-order valence-electron chi connectivity index (χ1n) is 8.87. The highest BCUT2D eigenvalue weighted by molar-refractivity contribution is 6.04. The van der Waals surface area contributed by atoms with Crippen molar-refractivity contribution in [1.82, 2.24) is 10.1 Å². The van der Waals surface area contributed by atoms with Crippen LogP contribution in [0.2, 0.25) is 0 Å². The van der Waals surface area contributed by atoms with Crippen LogP contribution in [-0.4, -0.2) is 23.2 Å². The Morgan fingerprint density at radius 3 is 2.75 bits per heavy atom. The van der Waals surface area contributed by atoms with Crippen molar-refractivity contribution in [3.8, 4) is 17.1 Å². The van der Waals surface area contributed by atoms with Gasteiger partial charge >= 0.3 is 0 Å². The quantitative estimate of drug-likeness (QED) is 0.534. The lowest BCUT2D eigenvalue weighted by Crippen LogP contribution is -2.12. The third-order valence-corrected chi connectivity index (χ3v) is 4.27. The maximum Gasteiger partial charge on any atom is 0.277 e. The number of aromatic nitrogens is 2. The Morgan fingerprint density at radius 1 is 1.14 bits per heavy atom. The number of nitrogens with one attached hydrogen (secondary N) is 1. The molecule has 4 rings (SSSR count). The number of hydrogen-bond acceptors (Lipinski definition) is 6. The van der Waals surface area contributed by atoms with E-state index in [1.807, 2.05) is 38.1 Å². The van der Waals surface area contributed by atoms with Gasteiger partial charge in [-0.2, -0.15) is 0 Å². The van der Waals surface area contributed by atoms with Gasteiger partial charge in [-0.3, -0.25) is 4.79 Å². The van der Waals surface area contributed by atoms with Gasteiger partial charge in [-0.1, -0.05) is 31.1 Å².